The molecule has 1 aromatic carbocycles. The number of halogens is 1. The number of carbonyl (C=O) groups is 2. The highest BCUT2D eigenvalue weighted by atomic mass is 19.1. The molecule has 2 saturated heterocycles. The molecular weight excluding hydrogens is 361 g/mol. The van der Waals surface area contributed by atoms with Crippen LogP contribution in [0.15, 0.2) is 24.3 Å². The van der Waals surface area contributed by atoms with Crippen LogP contribution in [-0.4, -0.2) is 76.4 Å². The van der Waals surface area contributed by atoms with Crippen molar-refractivity contribution < 1.29 is 19.1 Å². The zero-order valence-corrected chi connectivity index (χ0v) is 17.1. The molecule has 1 N–H and O–H groups in total. The molecule has 0 spiro atoms. The van der Waals surface area contributed by atoms with Gasteiger partial charge in [-0.25, -0.2) is 4.39 Å². The normalized spacial score (nSPS) is 20.5. The molecule has 0 radical (unpaired) electrons. The molecule has 1 aromatic rings. The van der Waals surface area contributed by atoms with E-state index in [9.17, 15) is 14.0 Å². The summed E-state index contributed by atoms with van der Waals surface area (Å²) in [5.74, 6) is -0.266. The van der Waals surface area contributed by atoms with Crippen molar-refractivity contribution in [1.82, 2.24) is 14.7 Å². The van der Waals surface area contributed by atoms with Gasteiger partial charge in [-0.15, -0.1) is 0 Å². The van der Waals surface area contributed by atoms with E-state index in [1.807, 2.05) is 4.90 Å². The van der Waals surface area contributed by atoms with E-state index in [0.717, 1.165) is 58.1 Å². The minimum absolute atomic E-state index is 0.0273. The van der Waals surface area contributed by atoms with Gasteiger partial charge in [-0.05, 0) is 45.2 Å². The molecule has 3 rings (SSSR count). The number of carbonyl (C=O) groups excluding carboxylic acids is 2. The lowest BCUT2D eigenvalue weighted by Crippen LogP contribution is -2.48. The second-order valence-electron chi connectivity index (χ2n) is 7.66. The third kappa shape index (κ3) is 6.19. The van der Waals surface area contributed by atoms with E-state index in [2.05, 4.69) is 18.7 Å². The molecule has 0 saturated carbocycles. The number of rotatable bonds is 2. The van der Waals surface area contributed by atoms with Gasteiger partial charge in [0, 0.05) is 51.8 Å². The summed E-state index contributed by atoms with van der Waals surface area (Å²) in [6.07, 6.45) is 2.79. The standard InChI is InChI=1S/C15H27N3O2.C6H5FO/c1-12(2)16-7-5-8-17(11-10-16)15(20)14-6-4-9-18(14)13(3)19;7-5-2-1-3-6(8)4-5/h12,14H,4-11H2,1-3H3;1-4,8H/t14-;/m1./s1. The first-order valence-electron chi connectivity index (χ1n) is 10.0. The van der Waals surface area contributed by atoms with Crippen molar-refractivity contribution in [3.8, 4) is 5.75 Å². The Bertz CT molecular complexity index is 651. The molecule has 156 valence electrons. The van der Waals surface area contributed by atoms with Crippen molar-refractivity contribution >= 4 is 11.8 Å². The number of hydrogen-bond donors (Lipinski definition) is 1. The molecule has 2 heterocycles. The first-order chi connectivity index (χ1) is 13.3. The number of phenols is 1. The lowest BCUT2D eigenvalue weighted by molar-refractivity contribution is -0.142. The summed E-state index contributed by atoms with van der Waals surface area (Å²) in [4.78, 5) is 30.4. The van der Waals surface area contributed by atoms with Gasteiger partial charge >= 0.3 is 0 Å². The van der Waals surface area contributed by atoms with Gasteiger partial charge in [0.2, 0.25) is 11.8 Å². The van der Waals surface area contributed by atoms with E-state index in [0.29, 0.717) is 6.04 Å². The predicted octanol–water partition coefficient (Wildman–Crippen LogP) is 2.47. The van der Waals surface area contributed by atoms with Crippen molar-refractivity contribution in [1.29, 1.82) is 0 Å². The van der Waals surface area contributed by atoms with E-state index in [-0.39, 0.29) is 23.6 Å². The van der Waals surface area contributed by atoms with Crippen molar-refractivity contribution in [2.75, 3.05) is 32.7 Å². The van der Waals surface area contributed by atoms with Gasteiger partial charge < -0.3 is 14.9 Å². The molecule has 2 aliphatic heterocycles. The van der Waals surface area contributed by atoms with Crippen LogP contribution in [0.4, 0.5) is 4.39 Å². The first-order valence-corrected chi connectivity index (χ1v) is 10.0. The Balaban J connectivity index is 0.000000292. The van der Waals surface area contributed by atoms with Crippen LogP contribution in [0, 0.1) is 5.82 Å². The van der Waals surface area contributed by atoms with Crippen LogP contribution >= 0.6 is 0 Å². The van der Waals surface area contributed by atoms with E-state index in [1.54, 1.807) is 11.8 Å². The summed E-state index contributed by atoms with van der Waals surface area (Å²) >= 11 is 0. The number of nitrogens with zero attached hydrogens (tertiary/aromatic N) is 3. The smallest absolute Gasteiger partial charge is 0.245 e. The lowest BCUT2D eigenvalue weighted by Gasteiger charge is -2.29. The summed E-state index contributed by atoms with van der Waals surface area (Å²) in [7, 11) is 0. The van der Waals surface area contributed by atoms with E-state index < -0.39 is 5.82 Å². The summed E-state index contributed by atoms with van der Waals surface area (Å²) in [5, 5.41) is 8.57. The monoisotopic (exact) mass is 393 g/mol. The fourth-order valence-corrected chi connectivity index (χ4v) is 3.76. The molecule has 0 bridgehead atoms. The average molecular weight is 394 g/mol. The maximum absolute atomic E-state index is 12.7. The first kappa shape index (κ1) is 22.1. The Morgan fingerprint density at radius 1 is 1.11 bits per heavy atom. The van der Waals surface area contributed by atoms with Crippen LogP contribution in [0.1, 0.15) is 40.0 Å². The SMILES string of the molecule is CC(=O)N1CCC[C@@H]1C(=O)N1CCCN(C(C)C)CC1.Oc1cccc(F)c1. The van der Waals surface area contributed by atoms with Gasteiger partial charge in [-0.3, -0.25) is 14.5 Å². The Morgan fingerprint density at radius 2 is 1.86 bits per heavy atom. The third-order valence-electron chi connectivity index (χ3n) is 5.32. The van der Waals surface area contributed by atoms with Crippen LogP contribution in [0.25, 0.3) is 0 Å². The van der Waals surface area contributed by atoms with Gasteiger partial charge in [0.25, 0.3) is 0 Å². The number of phenolic OH excluding ortho intramolecular Hbond substituents is 1. The fraction of sp³-hybridized carbons (Fsp3) is 0.619. The summed E-state index contributed by atoms with van der Waals surface area (Å²) < 4.78 is 12.0. The molecule has 1 atom stereocenters. The maximum Gasteiger partial charge on any atom is 0.245 e. The third-order valence-corrected chi connectivity index (χ3v) is 5.32. The molecule has 2 amide bonds. The second-order valence-corrected chi connectivity index (χ2v) is 7.66. The zero-order chi connectivity index (χ0) is 20.7. The fourth-order valence-electron chi connectivity index (χ4n) is 3.76. The number of benzene rings is 1. The van der Waals surface area contributed by atoms with E-state index in [4.69, 9.17) is 5.11 Å². The molecule has 2 aliphatic rings. The van der Waals surface area contributed by atoms with Gasteiger partial charge in [0.1, 0.15) is 17.6 Å². The van der Waals surface area contributed by atoms with Crippen molar-refractivity contribution in [3.63, 3.8) is 0 Å². The Hall–Kier alpha value is -2.15. The van der Waals surface area contributed by atoms with Crippen LogP contribution in [0.3, 0.4) is 0 Å². The molecular formula is C21H32FN3O3. The van der Waals surface area contributed by atoms with Gasteiger partial charge in [-0.1, -0.05) is 6.07 Å². The molecule has 0 unspecified atom stereocenters. The highest BCUT2D eigenvalue weighted by Gasteiger charge is 2.35. The summed E-state index contributed by atoms with van der Waals surface area (Å²) in [5.41, 5.74) is 0. The van der Waals surface area contributed by atoms with E-state index >= 15 is 0 Å². The summed E-state index contributed by atoms with van der Waals surface area (Å²) in [6, 6.07) is 5.52. The number of amides is 2. The molecule has 2 fully saturated rings. The van der Waals surface area contributed by atoms with Gasteiger partial charge in [0.15, 0.2) is 0 Å². The number of hydrogen-bond acceptors (Lipinski definition) is 4. The van der Waals surface area contributed by atoms with Crippen molar-refractivity contribution in [3.05, 3.63) is 30.1 Å². The Morgan fingerprint density at radius 3 is 2.43 bits per heavy atom. The molecule has 0 aromatic heterocycles. The highest BCUT2D eigenvalue weighted by Crippen LogP contribution is 2.20. The van der Waals surface area contributed by atoms with Crippen LogP contribution in [0.5, 0.6) is 5.75 Å². The maximum atomic E-state index is 12.7. The largest absolute Gasteiger partial charge is 0.508 e. The van der Waals surface area contributed by atoms with Gasteiger partial charge in [0.05, 0.1) is 0 Å². The van der Waals surface area contributed by atoms with Gasteiger partial charge in [-0.2, -0.15) is 0 Å². The topological polar surface area (TPSA) is 64.1 Å². The predicted molar refractivity (Wildman–Crippen MR) is 106 cm³/mol. The van der Waals surface area contributed by atoms with Crippen molar-refractivity contribution in [2.24, 2.45) is 0 Å². The second kappa shape index (κ2) is 10.4. The summed E-state index contributed by atoms with van der Waals surface area (Å²) in [6.45, 7) is 10.3. The molecule has 0 aliphatic carbocycles. The van der Waals surface area contributed by atoms with Crippen LogP contribution in [0.2, 0.25) is 0 Å². The van der Waals surface area contributed by atoms with Crippen molar-refractivity contribution in [2.45, 2.75) is 52.1 Å². The number of likely N-dealkylation sites (tertiary alicyclic amines) is 1. The zero-order valence-electron chi connectivity index (χ0n) is 17.1. The number of aromatic hydroxyl groups is 1. The van der Waals surface area contributed by atoms with Crippen LogP contribution < -0.4 is 0 Å². The quantitative estimate of drug-likeness (QED) is 0.838. The minimum atomic E-state index is -0.412. The molecule has 28 heavy (non-hydrogen) atoms. The van der Waals surface area contributed by atoms with Crippen LogP contribution in [-0.2, 0) is 9.59 Å². The average Bonchev–Trinajstić information content (AvgIpc) is 2.99. The van der Waals surface area contributed by atoms with E-state index in [1.165, 1.54) is 18.2 Å². The Kier molecular flexibility index (Phi) is 8.23. The molecule has 7 heteroatoms. The minimum Gasteiger partial charge on any atom is -0.508 e. The molecule has 6 nitrogen and oxygen atoms in total. The lowest BCUT2D eigenvalue weighted by atomic mass is 10.2. The highest BCUT2D eigenvalue weighted by molar-refractivity contribution is 5.87. The Labute approximate surface area is 166 Å².